The third kappa shape index (κ3) is 3.75. The van der Waals surface area contributed by atoms with E-state index in [0.29, 0.717) is 23.1 Å². The summed E-state index contributed by atoms with van der Waals surface area (Å²) >= 11 is 0. The number of carbonyl (C=O) groups is 1. The number of nitrogen functional groups attached to an aromatic ring is 1. The number of hydrogen-bond acceptors (Lipinski definition) is 6. The minimum Gasteiger partial charge on any atom is -0.457 e. The summed E-state index contributed by atoms with van der Waals surface area (Å²) in [6.07, 6.45) is 1.53. The van der Waals surface area contributed by atoms with Crippen LogP contribution in [-0.4, -0.2) is 27.5 Å². The Morgan fingerprint density at radius 3 is 2.67 bits per heavy atom. The van der Waals surface area contributed by atoms with Crippen LogP contribution in [0.15, 0.2) is 54.7 Å². The average Bonchev–Trinajstić information content (AvgIpc) is 3.04. The van der Waals surface area contributed by atoms with E-state index in [2.05, 4.69) is 20.6 Å². The third-order valence-corrected chi connectivity index (χ3v) is 4.73. The highest BCUT2D eigenvalue weighted by molar-refractivity contribution is 5.92. The maximum absolute atomic E-state index is 11.8. The van der Waals surface area contributed by atoms with Gasteiger partial charge in [-0.2, -0.15) is 0 Å². The SMILES string of the molecule is CNC(=O)c1cc(Oc2ccc3c(c2)nc(Nc2ccc(C)cc2N)n3C)ccn1. The number of imidazole rings is 1. The van der Waals surface area contributed by atoms with E-state index in [0.717, 1.165) is 22.3 Å². The van der Waals surface area contributed by atoms with E-state index < -0.39 is 0 Å². The Labute approximate surface area is 173 Å². The summed E-state index contributed by atoms with van der Waals surface area (Å²) in [4.78, 5) is 20.5. The maximum atomic E-state index is 11.8. The predicted molar refractivity (Wildman–Crippen MR) is 117 cm³/mol. The number of rotatable bonds is 5. The molecule has 2 aromatic heterocycles. The average molecular weight is 402 g/mol. The molecule has 0 fully saturated rings. The van der Waals surface area contributed by atoms with Gasteiger partial charge in [-0.25, -0.2) is 4.98 Å². The second-order valence-corrected chi connectivity index (χ2v) is 6.92. The molecule has 0 aliphatic heterocycles. The molecule has 2 aromatic carbocycles. The number of fused-ring (bicyclic) bond motifs is 1. The first-order valence-electron chi connectivity index (χ1n) is 9.40. The van der Waals surface area contributed by atoms with Crippen LogP contribution in [0, 0.1) is 6.92 Å². The van der Waals surface area contributed by atoms with Crippen LogP contribution in [0.1, 0.15) is 16.1 Å². The lowest BCUT2D eigenvalue weighted by atomic mass is 10.2. The number of carbonyl (C=O) groups excluding carboxylic acids is 1. The molecule has 0 atom stereocenters. The fraction of sp³-hybridized carbons (Fsp3) is 0.136. The number of ether oxygens (including phenoxy) is 1. The summed E-state index contributed by atoms with van der Waals surface area (Å²) < 4.78 is 7.86. The normalized spacial score (nSPS) is 10.8. The summed E-state index contributed by atoms with van der Waals surface area (Å²) in [5.41, 5.74) is 10.7. The number of pyridine rings is 1. The molecule has 0 bridgehead atoms. The molecule has 8 nitrogen and oxygen atoms in total. The Morgan fingerprint density at radius 2 is 1.90 bits per heavy atom. The van der Waals surface area contributed by atoms with E-state index in [-0.39, 0.29) is 11.6 Å². The molecule has 4 N–H and O–H groups in total. The van der Waals surface area contributed by atoms with E-state index in [1.807, 2.05) is 54.9 Å². The monoisotopic (exact) mass is 402 g/mol. The molecule has 0 unspecified atom stereocenters. The van der Waals surface area contributed by atoms with Crippen molar-refractivity contribution in [2.24, 2.45) is 7.05 Å². The van der Waals surface area contributed by atoms with E-state index >= 15 is 0 Å². The van der Waals surface area contributed by atoms with Crippen molar-refractivity contribution < 1.29 is 9.53 Å². The minimum absolute atomic E-state index is 0.272. The highest BCUT2D eigenvalue weighted by Crippen LogP contribution is 2.29. The molecular formula is C22H22N6O2. The summed E-state index contributed by atoms with van der Waals surface area (Å²) in [6, 6.07) is 14.8. The molecule has 0 aliphatic carbocycles. The fourth-order valence-electron chi connectivity index (χ4n) is 3.13. The molecule has 4 aromatic rings. The molecule has 8 heteroatoms. The number of nitrogens with zero attached hydrogens (tertiary/aromatic N) is 3. The van der Waals surface area contributed by atoms with Gasteiger partial charge < -0.3 is 25.7 Å². The number of nitrogens with one attached hydrogen (secondary N) is 2. The van der Waals surface area contributed by atoms with Gasteiger partial charge >= 0.3 is 0 Å². The van der Waals surface area contributed by atoms with Crippen molar-refractivity contribution in [2.75, 3.05) is 18.1 Å². The molecule has 152 valence electrons. The quantitative estimate of drug-likeness (QED) is 0.439. The van der Waals surface area contributed by atoms with Gasteiger partial charge in [0.05, 0.1) is 22.4 Å². The molecule has 0 saturated heterocycles. The summed E-state index contributed by atoms with van der Waals surface area (Å²) in [5, 5.41) is 5.83. The van der Waals surface area contributed by atoms with Gasteiger partial charge in [0.25, 0.3) is 5.91 Å². The van der Waals surface area contributed by atoms with Crippen molar-refractivity contribution >= 4 is 34.3 Å². The highest BCUT2D eigenvalue weighted by atomic mass is 16.5. The molecule has 30 heavy (non-hydrogen) atoms. The van der Waals surface area contributed by atoms with Crippen molar-refractivity contribution in [1.82, 2.24) is 19.9 Å². The molecule has 2 heterocycles. The lowest BCUT2D eigenvalue weighted by Gasteiger charge is -2.09. The van der Waals surface area contributed by atoms with E-state index in [4.69, 9.17) is 10.5 Å². The van der Waals surface area contributed by atoms with Gasteiger partial charge in [0.15, 0.2) is 0 Å². The standard InChI is InChI=1S/C22H22N6O2/c1-13-4-6-17(16(23)10-13)26-22-27-18-11-14(5-7-20(18)28(22)3)30-15-8-9-25-19(12-15)21(29)24-2/h4-12H,23H2,1-3H3,(H,24,29)(H,26,27). The van der Waals surface area contributed by atoms with Gasteiger partial charge in [-0.3, -0.25) is 9.78 Å². The molecule has 4 rings (SSSR count). The number of aryl methyl sites for hydroxylation is 2. The van der Waals surface area contributed by atoms with E-state index in [1.54, 1.807) is 19.2 Å². The number of nitrogens with two attached hydrogens (primary N) is 1. The zero-order chi connectivity index (χ0) is 21.3. The Hall–Kier alpha value is -4.07. The number of amides is 1. The van der Waals surface area contributed by atoms with Gasteiger partial charge in [-0.1, -0.05) is 6.07 Å². The van der Waals surface area contributed by atoms with Crippen molar-refractivity contribution in [2.45, 2.75) is 6.92 Å². The Balaban J connectivity index is 1.61. The molecule has 0 radical (unpaired) electrons. The summed E-state index contributed by atoms with van der Waals surface area (Å²) in [6.45, 7) is 2.00. The van der Waals surface area contributed by atoms with Gasteiger partial charge in [-0.05, 0) is 42.8 Å². The zero-order valence-electron chi connectivity index (χ0n) is 16.9. The Morgan fingerprint density at radius 1 is 1.10 bits per heavy atom. The number of aromatic nitrogens is 3. The molecule has 1 amide bonds. The highest BCUT2D eigenvalue weighted by Gasteiger charge is 2.12. The maximum Gasteiger partial charge on any atom is 0.269 e. The van der Waals surface area contributed by atoms with Crippen LogP contribution in [0.4, 0.5) is 17.3 Å². The van der Waals surface area contributed by atoms with Gasteiger partial charge in [0.1, 0.15) is 17.2 Å². The first kappa shape index (κ1) is 19.3. The predicted octanol–water partition coefficient (Wildman–Crippen LogP) is 3.75. The molecule has 0 saturated carbocycles. The summed E-state index contributed by atoms with van der Waals surface area (Å²) in [5.74, 6) is 1.52. The van der Waals surface area contributed by atoms with Crippen LogP contribution >= 0.6 is 0 Å². The van der Waals surface area contributed by atoms with Gasteiger partial charge in [0, 0.05) is 32.4 Å². The van der Waals surface area contributed by atoms with Crippen molar-refractivity contribution in [3.05, 3.63) is 66.0 Å². The van der Waals surface area contributed by atoms with Crippen LogP contribution in [-0.2, 0) is 7.05 Å². The van der Waals surface area contributed by atoms with Crippen LogP contribution in [0.25, 0.3) is 11.0 Å². The van der Waals surface area contributed by atoms with Crippen LogP contribution in [0.3, 0.4) is 0 Å². The zero-order valence-corrected chi connectivity index (χ0v) is 16.9. The van der Waals surface area contributed by atoms with Crippen LogP contribution < -0.4 is 21.1 Å². The minimum atomic E-state index is -0.272. The van der Waals surface area contributed by atoms with Crippen molar-refractivity contribution in [1.29, 1.82) is 0 Å². The lowest BCUT2D eigenvalue weighted by molar-refractivity contribution is 0.0958. The molecule has 0 aliphatic rings. The fourth-order valence-corrected chi connectivity index (χ4v) is 3.13. The number of anilines is 3. The van der Waals surface area contributed by atoms with Crippen molar-refractivity contribution in [3.63, 3.8) is 0 Å². The lowest BCUT2D eigenvalue weighted by Crippen LogP contribution is -2.18. The summed E-state index contributed by atoms with van der Waals surface area (Å²) in [7, 11) is 3.49. The Kier molecular flexibility index (Phi) is 4.97. The van der Waals surface area contributed by atoms with E-state index in [9.17, 15) is 4.79 Å². The van der Waals surface area contributed by atoms with Crippen LogP contribution in [0.5, 0.6) is 11.5 Å². The van der Waals surface area contributed by atoms with Crippen LogP contribution in [0.2, 0.25) is 0 Å². The molecular weight excluding hydrogens is 380 g/mol. The molecule has 0 spiro atoms. The van der Waals surface area contributed by atoms with Gasteiger partial charge in [0.2, 0.25) is 5.95 Å². The smallest absolute Gasteiger partial charge is 0.269 e. The third-order valence-electron chi connectivity index (χ3n) is 4.73. The second-order valence-electron chi connectivity index (χ2n) is 6.92. The number of benzene rings is 2. The van der Waals surface area contributed by atoms with Crippen molar-refractivity contribution in [3.8, 4) is 11.5 Å². The van der Waals surface area contributed by atoms with E-state index in [1.165, 1.54) is 6.20 Å². The first-order valence-corrected chi connectivity index (χ1v) is 9.40. The topological polar surface area (TPSA) is 107 Å². The second kappa shape index (κ2) is 7.75. The number of hydrogen-bond donors (Lipinski definition) is 3. The first-order chi connectivity index (χ1) is 14.4. The van der Waals surface area contributed by atoms with Gasteiger partial charge in [-0.15, -0.1) is 0 Å². The largest absolute Gasteiger partial charge is 0.457 e. The Bertz CT molecular complexity index is 1250.